The van der Waals surface area contributed by atoms with Gasteiger partial charge in [-0.2, -0.15) is 0 Å². The van der Waals surface area contributed by atoms with Gasteiger partial charge in [-0.3, -0.25) is 0 Å². The first-order valence-electron chi connectivity index (χ1n) is 6.50. The Morgan fingerprint density at radius 3 is 2.95 bits per heavy atom. The molecule has 1 N–H and O–H groups in total. The molecule has 3 rings (SSSR count). The van der Waals surface area contributed by atoms with Gasteiger partial charge in [0, 0.05) is 24.6 Å². The van der Waals surface area contributed by atoms with Gasteiger partial charge in [-0.25, -0.2) is 4.39 Å². The lowest BCUT2D eigenvalue weighted by Gasteiger charge is -2.10. The van der Waals surface area contributed by atoms with Gasteiger partial charge in [0.05, 0.1) is 6.61 Å². The van der Waals surface area contributed by atoms with E-state index in [-0.39, 0.29) is 5.82 Å². The maximum absolute atomic E-state index is 13.0. The molecule has 3 heteroatoms. The summed E-state index contributed by atoms with van der Waals surface area (Å²) in [5.74, 6) is 1.18. The molecule has 0 spiro atoms. The molecule has 1 unspecified atom stereocenters. The summed E-state index contributed by atoms with van der Waals surface area (Å²) in [5.41, 5.74) is 2.22. The Bertz CT molecular complexity index is 570. The lowest BCUT2D eigenvalue weighted by Crippen LogP contribution is -2.22. The fraction of sp³-hybridized carbons (Fsp3) is 0.250. The number of nitrogens with one attached hydrogen (secondary N) is 1. The Hall–Kier alpha value is -1.87. The summed E-state index contributed by atoms with van der Waals surface area (Å²) in [4.78, 5) is 0. The van der Waals surface area contributed by atoms with E-state index in [1.807, 2.05) is 24.3 Å². The van der Waals surface area contributed by atoms with Crippen LogP contribution >= 0.6 is 0 Å². The molecule has 0 saturated carbocycles. The SMILES string of the molecule is Fc1cccc(CNCC2COc3ccccc32)c1. The van der Waals surface area contributed by atoms with Crippen molar-refractivity contribution in [1.29, 1.82) is 0 Å². The molecule has 1 heterocycles. The summed E-state index contributed by atoms with van der Waals surface area (Å²) in [6, 6.07) is 14.8. The van der Waals surface area contributed by atoms with Crippen molar-refractivity contribution in [3.05, 3.63) is 65.5 Å². The highest BCUT2D eigenvalue weighted by Crippen LogP contribution is 2.32. The third kappa shape index (κ3) is 2.76. The quantitative estimate of drug-likeness (QED) is 0.908. The first-order valence-corrected chi connectivity index (χ1v) is 6.50. The van der Waals surface area contributed by atoms with Crippen LogP contribution in [0, 0.1) is 5.82 Å². The standard InChI is InChI=1S/C16H16FNO/c17-14-5-3-4-12(8-14)9-18-10-13-11-19-16-7-2-1-6-15(13)16/h1-8,13,18H,9-11H2. The summed E-state index contributed by atoms with van der Waals surface area (Å²) in [5, 5.41) is 3.37. The second kappa shape index (κ2) is 5.41. The van der Waals surface area contributed by atoms with Crippen molar-refractivity contribution in [2.24, 2.45) is 0 Å². The van der Waals surface area contributed by atoms with Gasteiger partial charge in [0.2, 0.25) is 0 Å². The molecule has 0 bridgehead atoms. The molecular weight excluding hydrogens is 241 g/mol. The van der Waals surface area contributed by atoms with Crippen LogP contribution in [0.5, 0.6) is 5.75 Å². The van der Waals surface area contributed by atoms with Crippen molar-refractivity contribution in [2.45, 2.75) is 12.5 Å². The molecule has 1 aliphatic heterocycles. The summed E-state index contributed by atoms with van der Waals surface area (Å²) in [6.07, 6.45) is 0. The number of ether oxygens (including phenoxy) is 1. The number of rotatable bonds is 4. The summed E-state index contributed by atoms with van der Waals surface area (Å²) < 4.78 is 18.7. The predicted octanol–water partition coefficient (Wildman–Crippen LogP) is 3.09. The minimum atomic E-state index is -0.186. The maximum Gasteiger partial charge on any atom is 0.123 e. The molecule has 0 amide bonds. The van der Waals surface area contributed by atoms with Gasteiger partial charge < -0.3 is 10.1 Å². The summed E-state index contributed by atoms with van der Waals surface area (Å²) >= 11 is 0. The second-order valence-electron chi connectivity index (χ2n) is 4.81. The normalized spacial score (nSPS) is 17.0. The van der Waals surface area contributed by atoms with Gasteiger partial charge in [0.15, 0.2) is 0 Å². The maximum atomic E-state index is 13.0. The van der Waals surface area contributed by atoms with Crippen molar-refractivity contribution in [1.82, 2.24) is 5.32 Å². The molecule has 2 nitrogen and oxygen atoms in total. The van der Waals surface area contributed by atoms with Crippen LogP contribution in [0.4, 0.5) is 4.39 Å². The highest BCUT2D eigenvalue weighted by molar-refractivity contribution is 5.39. The van der Waals surface area contributed by atoms with E-state index in [1.165, 1.54) is 11.6 Å². The lowest BCUT2D eigenvalue weighted by molar-refractivity contribution is 0.326. The molecule has 98 valence electrons. The summed E-state index contributed by atoms with van der Waals surface area (Å²) in [6.45, 7) is 2.24. The zero-order valence-corrected chi connectivity index (χ0v) is 10.6. The Balaban J connectivity index is 1.57. The molecule has 19 heavy (non-hydrogen) atoms. The van der Waals surface area contributed by atoms with Crippen molar-refractivity contribution in [3.63, 3.8) is 0 Å². The highest BCUT2D eigenvalue weighted by Gasteiger charge is 2.22. The van der Waals surface area contributed by atoms with Crippen LogP contribution in [0.25, 0.3) is 0 Å². The molecule has 2 aromatic rings. The number of hydrogen-bond acceptors (Lipinski definition) is 2. The van der Waals surface area contributed by atoms with Gasteiger partial charge in [0.1, 0.15) is 11.6 Å². The van der Waals surface area contributed by atoms with E-state index in [0.29, 0.717) is 12.5 Å². The zero-order valence-electron chi connectivity index (χ0n) is 10.6. The van der Waals surface area contributed by atoms with Crippen LogP contribution in [-0.4, -0.2) is 13.2 Å². The molecule has 0 fully saturated rings. The van der Waals surface area contributed by atoms with E-state index in [1.54, 1.807) is 12.1 Å². The second-order valence-corrected chi connectivity index (χ2v) is 4.81. The highest BCUT2D eigenvalue weighted by atomic mass is 19.1. The minimum Gasteiger partial charge on any atom is -0.493 e. The van der Waals surface area contributed by atoms with E-state index in [4.69, 9.17) is 4.74 Å². The Morgan fingerprint density at radius 1 is 1.16 bits per heavy atom. The smallest absolute Gasteiger partial charge is 0.123 e. The molecule has 0 saturated heterocycles. The molecule has 0 aromatic heterocycles. The topological polar surface area (TPSA) is 21.3 Å². The number of fused-ring (bicyclic) bond motifs is 1. The van der Waals surface area contributed by atoms with Gasteiger partial charge >= 0.3 is 0 Å². The lowest BCUT2D eigenvalue weighted by atomic mass is 10.0. The number of hydrogen-bond donors (Lipinski definition) is 1. The van der Waals surface area contributed by atoms with E-state index in [9.17, 15) is 4.39 Å². The zero-order chi connectivity index (χ0) is 13.1. The molecule has 0 radical (unpaired) electrons. The Labute approximate surface area is 112 Å². The van der Waals surface area contributed by atoms with Crippen LogP contribution < -0.4 is 10.1 Å². The predicted molar refractivity (Wildman–Crippen MR) is 72.8 cm³/mol. The van der Waals surface area contributed by atoms with Crippen LogP contribution in [0.2, 0.25) is 0 Å². The van der Waals surface area contributed by atoms with Gasteiger partial charge in [0.25, 0.3) is 0 Å². The fourth-order valence-electron chi connectivity index (χ4n) is 2.44. The average molecular weight is 257 g/mol. The average Bonchev–Trinajstić information content (AvgIpc) is 2.83. The Morgan fingerprint density at radius 2 is 2.05 bits per heavy atom. The van der Waals surface area contributed by atoms with Crippen molar-refractivity contribution in [2.75, 3.05) is 13.2 Å². The van der Waals surface area contributed by atoms with E-state index >= 15 is 0 Å². The van der Waals surface area contributed by atoms with E-state index < -0.39 is 0 Å². The molecule has 1 atom stereocenters. The number of halogens is 1. The first-order chi connectivity index (χ1) is 9.33. The van der Waals surface area contributed by atoms with Crippen LogP contribution in [0.3, 0.4) is 0 Å². The number of benzene rings is 2. The van der Waals surface area contributed by atoms with E-state index in [0.717, 1.165) is 24.5 Å². The minimum absolute atomic E-state index is 0.186. The molecule has 2 aromatic carbocycles. The third-order valence-electron chi connectivity index (χ3n) is 3.41. The van der Waals surface area contributed by atoms with Crippen LogP contribution in [0.15, 0.2) is 48.5 Å². The van der Waals surface area contributed by atoms with Crippen LogP contribution in [0.1, 0.15) is 17.0 Å². The van der Waals surface area contributed by atoms with Crippen molar-refractivity contribution >= 4 is 0 Å². The monoisotopic (exact) mass is 257 g/mol. The van der Waals surface area contributed by atoms with Gasteiger partial charge in [-0.1, -0.05) is 30.3 Å². The van der Waals surface area contributed by atoms with E-state index in [2.05, 4.69) is 11.4 Å². The van der Waals surface area contributed by atoms with Gasteiger partial charge in [-0.15, -0.1) is 0 Å². The van der Waals surface area contributed by atoms with Crippen molar-refractivity contribution < 1.29 is 9.13 Å². The largest absolute Gasteiger partial charge is 0.493 e. The summed E-state index contributed by atoms with van der Waals surface area (Å²) in [7, 11) is 0. The fourth-order valence-corrected chi connectivity index (χ4v) is 2.44. The molecular formula is C16H16FNO. The van der Waals surface area contributed by atoms with Gasteiger partial charge in [-0.05, 0) is 23.8 Å². The van der Waals surface area contributed by atoms with Crippen molar-refractivity contribution in [3.8, 4) is 5.75 Å². The third-order valence-corrected chi connectivity index (χ3v) is 3.41. The molecule has 1 aliphatic rings. The number of para-hydroxylation sites is 1. The Kier molecular flexibility index (Phi) is 3.47. The van der Waals surface area contributed by atoms with Crippen LogP contribution in [-0.2, 0) is 6.54 Å². The first kappa shape index (κ1) is 12.2. The molecule has 0 aliphatic carbocycles.